The number of nitrogens with zero attached hydrogens (tertiary/aromatic N) is 6. The van der Waals surface area contributed by atoms with E-state index in [1.165, 1.54) is 13.4 Å². The zero-order valence-corrected chi connectivity index (χ0v) is 11.0. The van der Waals surface area contributed by atoms with Crippen LogP contribution in [0, 0.1) is 10.1 Å². The van der Waals surface area contributed by atoms with E-state index in [0.29, 0.717) is 13.0 Å². The van der Waals surface area contributed by atoms with Crippen LogP contribution in [-0.2, 0) is 13.5 Å². The van der Waals surface area contributed by atoms with Gasteiger partial charge in [-0.1, -0.05) is 0 Å². The molecular weight excluding hydrogens is 266 g/mol. The van der Waals surface area contributed by atoms with E-state index in [1.807, 2.05) is 7.05 Å². The van der Waals surface area contributed by atoms with Gasteiger partial charge in [-0.15, -0.1) is 10.2 Å². The molecule has 0 radical (unpaired) electrons. The summed E-state index contributed by atoms with van der Waals surface area (Å²) < 4.78 is 6.63. The largest absolute Gasteiger partial charge is 0.476 e. The average Bonchev–Trinajstić information content (AvgIpc) is 2.84. The first-order valence-electron chi connectivity index (χ1n) is 5.73. The summed E-state index contributed by atoms with van der Waals surface area (Å²) in [7, 11) is 3.14. The molecule has 0 aliphatic rings. The Balaban J connectivity index is 2.09. The molecule has 2 aromatic heterocycles. The molecule has 20 heavy (non-hydrogen) atoms. The van der Waals surface area contributed by atoms with Gasteiger partial charge in [0.05, 0.1) is 12.0 Å². The van der Waals surface area contributed by atoms with E-state index in [0.717, 1.165) is 5.82 Å². The van der Waals surface area contributed by atoms with Crippen molar-refractivity contribution in [3.05, 3.63) is 28.6 Å². The molecule has 0 spiro atoms. The molecule has 10 nitrogen and oxygen atoms in total. The Hall–Kier alpha value is -2.78. The standard InChI is InChI=1S/C10H13N7O3/c1-16-6-14-15-7(16)3-4-11-9-8(17(18)19)10(20-2)13-5-12-9/h5-6H,3-4H2,1-2H3,(H,11,12,13). The van der Waals surface area contributed by atoms with Crippen LogP contribution in [0.2, 0.25) is 0 Å². The summed E-state index contributed by atoms with van der Waals surface area (Å²) in [5.41, 5.74) is -0.284. The van der Waals surface area contributed by atoms with Crippen LogP contribution in [0.25, 0.3) is 0 Å². The highest BCUT2D eigenvalue weighted by Crippen LogP contribution is 2.30. The van der Waals surface area contributed by atoms with Gasteiger partial charge in [0, 0.05) is 20.0 Å². The fourth-order valence-electron chi connectivity index (χ4n) is 1.63. The zero-order valence-electron chi connectivity index (χ0n) is 11.0. The molecule has 0 saturated carbocycles. The Morgan fingerprint density at radius 1 is 1.50 bits per heavy atom. The number of aryl methyl sites for hydroxylation is 1. The fraction of sp³-hybridized carbons (Fsp3) is 0.400. The summed E-state index contributed by atoms with van der Waals surface area (Å²) >= 11 is 0. The van der Waals surface area contributed by atoms with Crippen molar-refractivity contribution in [1.82, 2.24) is 24.7 Å². The monoisotopic (exact) mass is 279 g/mol. The highest BCUT2D eigenvalue weighted by atomic mass is 16.6. The molecular formula is C10H13N7O3. The predicted molar refractivity (Wildman–Crippen MR) is 68.4 cm³/mol. The van der Waals surface area contributed by atoms with E-state index in [4.69, 9.17) is 4.74 Å². The third kappa shape index (κ3) is 2.79. The van der Waals surface area contributed by atoms with Gasteiger partial charge in [-0.05, 0) is 0 Å². The van der Waals surface area contributed by atoms with Crippen molar-refractivity contribution in [2.45, 2.75) is 6.42 Å². The molecule has 0 aliphatic carbocycles. The first-order valence-corrected chi connectivity index (χ1v) is 5.73. The zero-order chi connectivity index (χ0) is 14.5. The van der Waals surface area contributed by atoms with E-state index in [1.54, 1.807) is 10.9 Å². The van der Waals surface area contributed by atoms with Crippen molar-refractivity contribution in [3.8, 4) is 5.88 Å². The maximum Gasteiger partial charge on any atom is 0.372 e. The van der Waals surface area contributed by atoms with Crippen LogP contribution in [0.15, 0.2) is 12.7 Å². The minimum Gasteiger partial charge on any atom is -0.476 e. The molecule has 0 bridgehead atoms. The number of anilines is 1. The highest BCUT2D eigenvalue weighted by Gasteiger charge is 2.23. The molecule has 0 aromatic carbocycles. The second-order valence-corrected chi connectivity index (χ2v) is 3.87. The average molecular weight is 279 g/mol. The fourth-order valence-corrected chi connectivity index (χ4v) is 1.63. The Morgan fingerprint density at radius 3 is 2.90 bits per heavy atom. The first kappa shape index (κ1) is 13.6. The molecule has 0 saturated heterocycles. The summed E-state index contributed by atoms with van der Waals surface area (Å²) in [5, 5.41) is 21.6. The lowest BCUT2D eigenvalue weighted by molar-refractivity contribution is -0.385. The van der Waals surface area contributed by atoms with Gasteiger partial charge in [0.15, 0.2) is 0 Å². The maximum atomic E-state index is 11.0. The Bertz CT molecular complexity index is 613. The van der Waals surface area contributed by atoms with Crippen molar-refractivity contribution < 1.29 is 9.66 Å². The molecule has 1 N–H and O–H groups in total. The van der Waals surface area contributed by atoms with Crippen LogP contribution in [0.1, 0.15) is 5.82 Å². The molecule has 106 valence electrons. The van der Waals surface area contributed by atoms with Crippen LogP contribution in [0.5, 0.6) is 5.88 Å². The summed E-state index contributed by atoms with van der Waals surface area (Å²) in [6.45, 7) is 0.424. The van der Waals surface area contributed by atoms with Crippen LogP contribution >= 0.6 is 0 Å². The second-order valence-electron chi connectivity index (χ2n) is 3.87. The van der Waals surface area contributed by atoms with Crippen LogP contribution in [0.4, 0.5) is 11.5 Å². The number of rotatable bonds is 6. The molecule has 0 amide bonds. The lowest BCUT2D eigenvalue weighted by atomic mass is 10.3. The quantitative estimate of drug-likeness (QED) is 0.587. The minimum atomic E-state index is -0.580. The van der Waals surface area contributed by atoms with E-state index in [9.17, 15) is 10.1 Å². The summed E-state index contributed by atoms with van der Waals surface area (Å²) in [5.74, 6) is 0.802. The second kappa shape index (κ2) is 5.91. The van der Waals surface area contributed by atoms with E-state index >= 15 is 0 Å². The first-order chi connectivity index (χ1) is 9.63. The van der Waals surface area contributed by atoms with Gasteiger partial charge in [-0.25, -0.2) is 4.98 Å². The lowest BCUT2D eigenvalue weighted by Gasteiger charge is -2.07. The summed E-state index contributed by atoms with van der Waals surface area (Å²) in [4.78, 5) is 18.0. The van der Waals surface area contributed by atoms with Gasteiger partial charge in [0.1, 0.15) is 18.5 Å². The van der Waals surface area contributed by atoms with Crippen molar-refractivity contribution in [2.75, 3.05) is 19.0 Å². The predicted octanol–water partition coefficient (Wildman–Crippen LogP) is 0.176. The van der Waals surface area contributed by atoms with Gasteiger partial charge >= 0.3 is 5.69 Å². The molecule has 0 fully saturated rings. The number of ether oxygens (including phenoxy) is 1. The minimum absolute atomic E-state index is 0.0776. The Labute approximate surface area is 114 Å². The van der Waals surface area contributed by atoms with E-state index in [2.05, 4.69) is 25.5 Å². The van der Waals surface area contributed by atoms with Crippen LogP contribution in [0.3, 0.4) is 0 Å². The highest BCUT2D eigenvalue weighted by molar-refractivity contribution is 5.61. The number of nitro groups is 1. The van der Waals surface area contributed by atoms with Crippen LogP contribution in [-0.4, -0.2) is 43.3 Å². The van der Waals surface area contributed by atoms with Gasteiger partial charge in [0.25, 0.3) is 5.88 Å². The molecule has 2 aromatic rings. The Kier molecular flexibility index (Phi) is 4.03. The number of methoxy groups -OCH3 is 1. The molecule has 2 rings (SSSR count). The topological polar surface area (TPSA) is 121 Å². The van der Waals surface area contributed by atoms with Crippen molar-refractivity contribution >= 4 is 11.5 Å². The molecule has 0 aliphatic heterocycles. The molecule has 2 heterocycles. The summed E-state index contributed by atoms with van der Waals surface area (Å²) in [6, 6.07) is 0. The number of hydrogen-bond donors (Lipinski definition) is 1. The summed E-state index contributed by atoms with van der Waals surface area (Å²) in [6.07, 6.45) is 3.35. The van der Waals surface area contributed by atoms with Crippen molar-refractivity contribution in [2.24, 2.45) is 7.05 Å². The van der Waals surface area contributed by atoms with Crippen LogP contribution < -0.4 is 10.1 Å². The third-order valence-corrected chi connectivity index (χ3v) is 2.61. The number of hydrogen-bond acceptors (Lipinski definition) is 8. The third-order valence-electron chi connectivity index (χ3n) is 2.61. The van der Waals surface area contributed by atoms with E-state index < -0.39 is 4.92 Å². The lowest BCUT2D eigenvalue weighted by Crippen LogP contribution is -2.12. The normalized spacial score (nSPS) is 10.3. The van der Waals surface area contributed by atoms with Gasteiger partial charge in [0.2, 0.25) is 5.82 Å². The van der Waals surface area contributed by atoms with Gasteiger partial charge in [-0.2, -0.15) is 4.98 Å². The maximum absolute atomic E-state index is 11.0. The molecule has 10 heteroatoms. The van der Waals surface area contributed by atoms with E-state index in [-0.39, 0.29) is 17.4 Å². The smallest absolute Gasteiger partial charge is 0.372 e. The number of aromatic nitrogens is 5. The van der Waals surface area contributed by atoms with Crippen molar-refractivity contribution in [1.29, 1.82) is 0 Å². The van der Waals surface area contributed by atoms with Crippen molar-refractivity contribution in [3.63, 3.8) is 0 Å². The molecule has 0 atom stereocenters. The Morgan fingerprint density at radius 2 is 2.30 bits per heavy atom. The van der Waals surface area contributed by atoms with Gasteiger partial charge in [-0.3, -0.25) is 10.1 Å². The number of nitrogens with one attached hydrogen (secondary N) is 1. The molecule has 0 unspecified atom stereocenters. The van der Waals surface area contributed by atoms with Gasteiger partial charge < -0.3 is 14.6 Å². The SMILES string of the molecule is COc1ncnc(NCCc2nncn2C)c1[N+](=O)[O-].